The Morgan fingerprint density at radius 1 is 0.466 bits per heavy atom. The molecule has 8 aromatic carbocycles. The summed E-state index contributed by atoms with van der Waals surface area (Å²) in [5.74, 6) is 0.635. The summed E-state index contributed by atoms with van der Waals surface area (Å²) in [6.45, 7) is 4.87. The standard InChI is InChI=1S/C63H55N2O7P/c1-61(2)68-57-58(69-61)63(51-29-17-7-18-30-51,52-31-19-8-20-32-52)72-73(71-62(57,49-25-13-5-14-26-49)50-27-15-6-16-28-50)70-53-39-37-46(38-40-53)45-35-33-44(34-36-45)41-54(59-64-55(42-66-59)47-21-9-3-10-22-47)60-65-56(43-67-60)48-23-11-4-12-24-48/h3-40,54-58H,41-43H2,1-2H3/t55-,56-,57-,58-/m1/s1. The zero-order chi connectivity index (χ0) is 49.2. The first-order valence-electron chi connectivity index (χ1n) is 25.0. The number of rotatable bonds is 13. The van der Waals surface area contributed by atoms with Crippen LogP contribution in [0.25, 0.3) is 11.1 Å². The van der Waals surface area contributed by atoms with E-state index >= 15 is 0 Å². The highest BCUT2D eigenvalue weighted by Crippen LogP contribution is 2.65. The highest BCUT2D eigenvalue weighted by molar-refractivity contribution is 7.42. The Morgan fingerprint density at radius 2 is 0.822 bits per heavy atom. The number of hydrogen-bond donors (Lipinski definition) is 0. The van der Waals surface area contributed by atoms with Gasteiger partial charge in [0.05, 0.1) is 0 Å². The Balaban J connectivity index is 0.866. The van der Waals surface area contributed by atoms with Crippen molar-refractivity contribution >= 4 is 20.4 Å². The third-order valence-electron chi connectivity index (χ3n) is 14.2. The highest BCUT2D eigenvalue weighted by Gasteiger charge is 2.67. The maximum Gasteiger partial charge on any atom is 0.399 e. The van der Waals surface area contributed by atoms with Crippen molar-refractivity contribution in [2.24, 2.45) is 15.9 Å². The van der Waals surface area contributed by atoms with Crippen molar-refractivity contribution < 1.29 is 32.5 Å². The van der Waals surface area contributed by atoms with Crippen molar-refractivity contribution in [3.63, 3.8) is 0 Å². The minimum atomic E-state index is -2.22. The number of aliphatic imine (C=N–C) groups is 2. The van der Waals surface area contributed by atoms with E-state index in [4.69, 9.17) is 42.5 Å². The molecule has 9 nitrogen and oxygen atoms in total. The molecule has 10 heteroatoms. The number of ether oxygens (including phenoxy) is 4. The van der Waals surface area contributed by atoms with Crippen LogP contribution in [0.1, 0.15) is 64.9 Å². The van der Waals surface area contributed by atoms with Gasteiger partial charge in [-0.1, -0.05) is 218 Å². The molecule has 4 heterocycles. The van der Waals surface area contributed by atoms with Gasteiger partial charge in [0.1, 0.15) is 49.2 Å². The summed E-state index contributed by atoms with van der Waals surface area (Å²) in [5.41, 5.74) is 6.53. The van der Waals surface area contributed by atoms with Crippen molar-refractivity contribution in [1.82, 2.24) is 0 Å². The van der Waals surface area contributed by atoms with Crippen LogP contribution in [0.5, 0.6) is 5.75 Å². The first kappa shape index (κ1) is 46.8. The Kier molecular flexibility index (Phi) is 12.8. The van der Waals surface area contributed by atoms with Crippen LogP contribution in [0.4, 0.5) is 0 Å². The topological polar surface area (TPSA) is 89.3 Å². The summed E-state index contributed by atoms with van der Waals surface area (Å²) in [7, 11) is -2.22. The van der Waals surface area contributed by atoms with E-state index in [1.54, 1.807) is 0 Å². The fourth-order valence-corrected chi connectivity index (χ4v) is 12.2. The lowest BCUT2D eigenvalue weighted by molar-refractivity contribution is -0.175. The summed E-state index contributed by atoms with van der Waals surface area (Å²) in [6, 6.07) is 78.1. The molecule has 0 N–H and O–H groups in total. The highest BCUT2D eigenvalue weighted by atomic mass is 31.2. The normalized spacial score (nSPS) is 21.8. The molecule has 0 aliphatic carbocycles. The first-order valence-corrected chi connectivity index (χ1v) is 26.1. The Bertz CT molecular complexity index is 2930. The molecule has 73 heavy (non-hydrogen) atoms. The second kappa shape index (κ2) is 20.0. The molecule has 2 fully saturated rings. The van der Waals surface area contributed by atoms with Gasteiger partial charge in [-0.3, -0.25) is 9.05 Å². The Hall–Kier alpha value is -7.23. The molecule has 4 atom stereocenters. The van der Waals surface area contributed by atoms with Gasteiger partial charge in [0, 0.05) is 0 Å². The molecule has 4 aliphatic heterocycles. The van der Waals surface area contributed by atoms with E-state index in [9.17, 15) is 0 Å². The predicted octanol–water partition coefficient (Wildman–Crippen LogP) is 13.9. The minimum Gasteiger partial charge on any atom is -0.478 e. The maximum absolute atomic E-state index is 7.55. The van der Waals surface area contributed by atoms with Crippen LogP contribution in [0, 0.1) is 5.92 Å². The van der Waals surface area contributed by atoms with Crippen LogP contribution in [-0.2, 0) is 45.6 Å². The molecular formula is C63H55N2O7P. The van der Waals surface area contributed by atoms with Gasteiger partial charge in [-0.2, -0.15) is 0 Å². The van der Waals surface area contributed by atoms with Crippen LogP contribution < -0.4 is 4.52 Å². The predicted molar refractivity (Wildman–Crippen MR) is 285 cm³/mol. The van der Waals surface area contributed by atoms with Gasteiger partial charge in [0.25, 0.3) is 0 Å². The molecular weight excluding hydrogens is 928 g/mol. The van der Waals surface area contributed by atoms with Crippen LogP contribution in [0.3, 0.4) is 0 Å². The molecule has 12 rings (SSSR count). The molecule has 0 radical (unpaired) electrons. The summed E-state index contributed by atoms with van der Waals surface area (Å²) in [4.78, 5) is 10.2. The Morgan fingerprint density at radius 3 is 1.21 bits per heavy atom. The SMILES string of the molecule is CC1(C)O[C@@H]2[C@@H](O1)C(c1ccccc1)(c1ccccc1)OP(Oc1ccc(-c3ccc(CC(C4=N[C@@H](c5ccccc5)CO4)C4=N[C@@H](c5ccccc5)CO4)cc3)cc1)OC2(c1ccccc1)c1ccccc1. The van der Waals surface area contributed by atoms with Gasteiger partial charge >= 0.3 is 8.60 Å². The van der Waals surface area contributed by atoms with Gasteiger partial charge < -0.3 is 23.5 Å². The van der Waals surface area contributed by atoms with Crippen LogP contribution in [0.15, 0.2) is 241 Å². The molecule has 2 saturated heterocycles. The molecule has 364 valence electrons. The van der Waals surface area contributed by atoms with E-state index in [1.807, 2.05) is 135 Å². The van der Waals surface area contributed by atoms with Crippen molar-refractivity contribution in [2.75, 3.05) is 13.2 Å². The van der Waals surface area contributed by atoms with E-state index in [2.05, 4.69) is 109 Å². The zero-order valence-corrected chi connectivity index (χ0v) is 41.5. The first-order chi connectivity index (χ1) is 35.8. The minimum absolute atomic E-state index is 0.0810. The lowest BCUT2D eigenvalue weighted by Crippen LogP contribution is -2.53. The average molecular weight is 983 g/mol. The smallest absolute Gasteiger partial charge is 0.399 e. The number of hydrogen-bond acceptors (Lipinski definition) is 9. The van der Waals surface area contributed by atoms with E-state index in [1.165, 1.54) is 0 Å². The van der Waals surface area contributed by atoms with Gasteiger partial charge in [-0.25, -0.2) is 9.98 Å². The van der Waals surface area contributed by atoms with Gasteiger partial charge in [0.15, 0.2) is 28.8 Å². The van der Waals surface area contributed by atoms with E-state index in [0.717, 1.165) is 50.1 Å². The van der Waals surface area contributed by atoms with E-state index in [-0.39, 0.29) is 18.0 Å². The van der Waals surface area contributed by atoms with E-state index < -0.39 is 37.8 Å². The summed E-state index contributed by atoms with van der Waals surface area (Å²) >= 11 is 0. The van der Waals surface area contributed by atoms with Crippen molar-refractivity contribution in [1.29, 1.82) is 0 Å². The molecule has 0 spiro atoms. The molecule has 0 unspecified atom stereocenters. The zero-order valence-electron chi connectivity index (χ0n) is 40.6. The molecule has 4 aliphatic rings. The van der Waals surface area contributed by atoms with E-state index in [0.29, 0.717) is 37.2 Å². The third kappa shape index (κ3) is 9.18. The maximum atomic E-state index is 7.55. The number of fused-ring (bicyclic) bond motifs is 1. The average Bonchev–Trinajstić information content (AvgIpc) is 4.22. The number of nitrogens with zero attached hydrogens (tertiary/aromatic N) is 2. The fourth-order valence-electron chi connectivity index (χ4n) is 10.7. The van der Waals surface area contributed by atoms with Gasteiger partial charge in [-0.05, 0) is 82.5 Å². The quantitative estimate of drug-likeness (QED) is 0.106. The Labute approximate surface area is 428 Å². The van der Waals surface area contributed by atoms with Crippen LogP contribution in [-0.4, -0.2) is 43.0 Å². The van der Waals surface area contributed by atoms with Crippen LogP contribution in [0.2, 0.25) is 0 Å². The third-order valence-corrected chi connectivity index (χ3v) is 15.5. The van der Waals surface area contributed by atoms with Gasteiger partial charge in [-0.15, -0.1) is 0 Å². The molecule has 8 aromatic rings. The monoisotopic (exact) mass is 982 g/mol. The molecule has 0 amide bonds. The molecule has 0 bridgehead atoms. The van der Waals surface area contributed by atoms with Crippen molar-refractivity contribution in [3.8, 4) is 16.9 Å². The fraction of sp³-hybridized carbons (Fsp3) is 0.206. The summed E-state index contributed by atoms with van der Waals surface area (Å²) < 4.78 is 49.2. The molecule has 0 saturated carbocycles. The lowest BCUT2D eigenvalue weighted by atomic mass is 9.72. The lowest BCUT2D eigenvalue weighted by Gasteiger charge is -2.41. The largest absolute Gasteiger partial charge is 0.478 e. The summed E-state index contributed by atoms with van der Waals surface area (Å²) in [6.07, 6.45) is -0.800. The van der Waals surface area contributed by atoms with Crippen molar-refractivity contribution in [2.45, 2.75) is 61.5 Å². The second-order valence-corrected chi connectivity index (χ2v) is 20.3. The molecule has 0 aromatic heterocycles. The van der Waals surface area contributed by atoms with Gasteiger partial charge in [0.2, 0.25) is 0 Å². The van der Waals surface area contributed by atoms with Crippen LogP contribution >= 0.6 is 8.60 Å². The number of benzene rings is 8. The summed E-state index contributed by atoms with van der Waals surface area (Å²) in [5, 5.41) is 0. The van der Waals surface area contributed by atoms with Crippen molar-refractivity contribution in [3.05, 3.63) is 269 Å². The second-order valence-electron chi connectivity index (χ2n) is 19.3.